The Morgan fingerprint density at radius 2 is 2.17 bits per heavy atom. The van der Waals surface area contributed by atoms with E-state index < -0.39 is 0 Å². The second kappa shape index (κ2) is 4.09. The van der Waals surface area contributed by atoms with Crippen LogP contribution in [0.4, 0.5) is 0 Å². The number of hydrogen-bond donors (Lipinski definition) is 0. The van der Waals surface area contributed by atoms with Crippen LogP contribution in [0, 0.1) is 0 Å². The van der Waals surface area contributed by atoms with Gasteiger partial charge in [0.1, 0.15) is 0 Å². The molecular formula is C3H6Br2N. The van der Waals surface area contributed by atoms with Crippen LogP contribution >= 0.6 is 31.9 Å². The van der Waals surface area contributed by atoms with Crippen LogP contribution < -0.4 is 5.73 Å². The van der Waals surface area contributed by atoms with E-state index in [1.165, 1.54) is 0 Å². The Kier molecular flexibility index (Phi) is 4.72. The standard InChI is InChI=1S/C3H6Br2N/c4-1-3(5)2-6/h3,6H,1-2H2. The third-order valence-electron chi connectivity index (χ3n) is 0.389. The molecule has 1 atom stereocenters. The van der Waals surface area contributed by atoms with Crippen LogP contribution in [0.5, 0.6) is 0 Å². The van der Waals surface area contributed by atoms with Crippen molar-refractivity contribution in [2.45, 2.75) is 4.83 Å². The molecule has 1 unspecified atom stereocenters. The van der Waals surface area contributed by atoms with E-state index in [1.807, 2.05) is 0 Å². The molecular weight excluding hydrogens is 210 g/mol. The average Bonchev–Trinajstić information content (AvgIpc) is 1.65. The molecule has 0 amide bonds. The molecule has 0 aromatic heterocycles. The van der Waals surface area contributed by atoms with E-state index >= 15 is 0 Å². The lowest BCUT2D eigenvalue weighted by atomic mass is 10.5. The first-order valence-electron chi connectivity index (χ1n) is 1.66. The van der Waals surface area contributed by atoms with Crippen molar-refractivity contribution in [3.8, 4) is 0 Å². The predicted octanol–water partition coefficient (Wildman–Crippen LogP) is 1.43. The lowest BCUT2D eigenvalue weighted by molar-refractivity contribution is 0.956. The minimum Gasteiger partial charge on any atom is -0.257 e. The third kappa shape index (κ3) is 3.12. The largest absolute Gasteiger partial charge is 0.257 e. The van der Waals surface area contributed by atoms with Crippen molar-refractivity contribution in [1.82, 2.24) is 5.73 Å². The molecule has 6 heavy (non-hydrogen) atoms. The maximum atomic E-state index is 6.73. The molecule has 0 saturated carbocycles. The van der Waals surface area contributed by atoms with Crippen LogP contribution in [0.15, 0.2) is 0 Å². The van der Waals surface area contributed by atoms with Crippen LogP contribution in [0.3, 0.4) is 0 Å². The Balaban J connectivity index is 2.75. The fraction of sp³-hybridized carbons (Fsp3) is 1.00. The van der Waals surface area contributed by atoms with Gasteiger partial charge in [-0.05, 0) is 0 Å². The SMILES string of the molecule is [NH]CC(Br)CBr. The van der Waals surface area contributed by atoms with Gasteiger partial charge in [0, 0.05) is 16.7 Å². The average molecular weight is 216 g/mol. The van der Waals surface area contributed by atoms with E-state index in [0.717, 1.165) is 5.33 Å². The van der Waals surface area contributed by atoms with E-state index in [1.54, 1.807) is 0 Å². The summed E-state index contributed by atoms with van der Waals surface area (Å²) in [6, 6.07) is 0. The summed E-state index contributed by atoms with van der Waals surface area (Å²) in [7, 11) is 0. The molecule has 1 radical (unpaired) electrons. The molecule has 37 valence electrons. The predicted molar refractivity (Wildman–Crippen MR) is 34.5 cm³/mol. The first-order chi connectivity index (χ1) is 2.81. The van der Waals surface area contributed by atoms with E-state index in [0.29, 0.717) is 11.4 Å². The zero-order chi connectivity index (χ0) is 4.99. The smallest absolute Gasteiger partial charge is 0.0381 e. The highest BCUT2D eigenvalue weighted by molar-refractivity contribution is 9.12. The van der Waals surface area contributed by atoms with Gasteiger partial charge < -0.3 is 0 Å². The highest BCUT2D eigenvalue weighted by atomic mass is 79.9. The van der Waals surface area contributed by atoms with Gasteiger partial charge in [0.15, 0.2) is 0 Å². The fourth-order valence-corrected chi connectivity index (χ4v) is 0.283. The maximum Gasteiger partial charge on any atom is 0.0381 e. The van der Waals surface area contributed by atoms with Crippen LogP contribution in [-0.2, 0) is 0 Å². The summed E-state index contributed by atoms with van der Waals surface area (Å²) in [5.74, 6) is 0. The molecule has 1 nitrogen and oxygen atoms in total. The monoisotopic (exact) mass is 214 g/mol. The van der Waals surface area contributed by atoms with Gasteiger partial charge in [-0.2, -0.15) is 0 Å². The zero-order valence-electron chi connectivity index (χ0n) is 3.25. The minimum absolute atomic E-state index is 0.331. The van der Waals surface area contributed by atoms with Crippen LogP contribution in [0.25, 0.3) is 0 Å². The summed E-state index contributed by atoms with van der Waals surface area (Å²) in [4.78, 5) is 0.331. The lowest BCUT2D eigenvalue weighted by Crippen LogP contribution is -2.05. The summed E-state index contributed by atoms with van der Waals surface area (Å²) in [5, 5.41) is 0.872. The van der Waals surface area contributed by atoms with Gasteiger partial charge in [-0.1, -0.05) is 31.9 Å². The van der Waals surface area contributed by atoms with Gasteiger partial charge in [-0.25, -0.2) is 0 Å². The van der Waals surface area contributed by atoms with Gasteiger partial charge in [-0.15, -0.1) is 0 Å². The summed E-state index contributed by atoms with van der Waals surface area (Å²) >= 11 is 6.45. The maximum absolute atomic E-state index is 6.73. The van der Waals surface area contributed by atoms with Crippen molar-refractivity contribution in [2.75, 3.05) is 11.9 Å². The number of rotatable bonds is 2. The Labute approximate surface area is 54.5 Å². The molecule has 0 aliphatic carbocycles. The van der Waals surface area contributed by atoms with Crippen molar-refractivity contribution in [1.29, 1.82) is 0 Å². The highest BCUT2D eigenvalue weighted by Gasteiger charge is 1.93. The first-order valence-corrected chi connectivity index (χ1v) is 3.69. The van der Waals surface area contributed by atoms with Crippen LogP contribution in [0.1, 0.15) is 0 Å². The van der Waals surface area contributed by atoms with Crippen molar-refractivity contribution >= 4 is 31.9 Å². The third-order valence-corrected chi connectivity index (χ3v) is 2.69. The van der Waals surface area contributed by atoms with Gasteiger partial charge in [0.25, 0.3) is 0 Å². The fourth-order valence-electron chi connectivity index (χ4n) is 0.0546. The van der Waals surface area contributed by atoms with Gasteiger partial charge in [0.2, 0.25) is 0 Å². The second-order valence-corrected chi connectivity index (χ2v) is 2.90. The molecule has 0 aliphatic rings. The van der Waals surface area contributed by atoms with Crippen molar-refractivity contribution < 1.29 is 0 Å². The number of alkyl halides is 2. The van der Waals surface area contributed by atoms with Gasteiger partial charge in [0.05, 0.1) is 0 Å². The van der Waals surface area contributed by atoms with Crippen molar-refractivity contribution in [3.05, 3.63) is 0 Å². The minimum atomic E-state index is 0.331. The number of hydrogen-bond acceptors (Lipinski definition) is 0. The van der Waals surface area contributed by atoms with Crippen LogP contribution in [-0.4, -0.2) is 16.7 Å². The Morgan fingerprint density at radius 3 is 2.17 bits per heavy atom. The first kappa shape index (κ1) is 6.92. The van der Waals surface area contributed by atoms with Crippen LogP contribution in [0.2, 0.25) is 0 Å². The van der Waals surface area contributed by atoms with E-state index in [-0.39, 0.29) is 0 Å². The Bertz CT molecular complexity index is 28.0. The van der Waals surface area contributed by atoms with Crippen molar-refractivity contribution in [3.63, 3.8) is 0 Å². The molecule has 0 heterocycles. The summed E-state index contributed by atoms with van der Waals surface area (Å²) < 4.78 is 0. The number of halogens is 2. The lowest BCUT2D eigenvalue weighted by Gasteiger charge is -1.94. The van der Waals surface area contributed by atoms with E-state index in [9.17, 15) is 0 Å². The Hall–Kier alpha value is 0.920. The van der Waals surface area contributed by atoms with Gasteiger partial charge in [-0.3, -0.25) is 5.73 Å². The molecule has 0 rings (SSSR count). The molecule has 0 saturated heterocycles. The van der Waals surface area contributed by atoms with Gasteiger partial charge >= 0.3 is 0 Å². The van der Waals surface area contributed by atoms with Crippen molar-refractivity contribution in [2.24, 2.45) is 0 Å². The summed E-state index contributed by atoms with van der Waals surface area (Å²) in [5.41, 5.74) is 6.73. The second-order valence-electron chi connectivity index (χ2n) is 0.956. The Morgan fingerprint density at radius 1 is 1.67 bits per heavy atom. The topological polar surface area (TPSA) is 23.8 Å². The molecule has 0 aromatic carbocycles. The zero-order valence-corrected chi connectivity index (χ0v) is 6.42. The van der Waals surface area contributed by atoms with E-state index in [4.69, 9.17) is 5.73 Å². The number of nitrogens with one attached hydrogen (secondary N) is 1. The quantitative estimate of drug-likeness (QED) is 0.623. The normalized spacial score (nSPS) is 14.5. The molecule has 3 heteroatoms. The molecule has 0 aliphatic heterocycles. The molecule has 0 aromatic rings. The molecule has 0 spiro atoms. The van der Waals surface area contributed by atoms with E-state index in [2.05, 4.69) is 31.9 Å². The summed E-state index contributed by atoms with van der Waals surface area (Å²) in [6.45, 7) is 0.450. The summed E-state index contributed by atoms with van der Waals surface area (Å²) in [6.07, 6.45) is 0. The molecule has 0 bridgehead atoms. The molecule has 1 N–H and O–H groups in total. The highest BCUT2D eigenvalue weighted by Crippen LogP contribution is 1.99. The molecule has 0 fully saturated rings.